The van der Waals surface area contributed by atoms with Crippen LogP contribution in [0.3, 0.4) is 0 Å². The van der Waals surface area contributed by atoms with Crippen LogP contribution in [-0.4, -0.2) is 76.1 Å². The molecule has 0 radical (unpaired) electrons. The zero-order chi connectivity index (χ0) is 21.3. The van der Waals surface area contributed by atoms with E-state index >= 15 is 0 Å². The molecule has 1 saturated heterocycles. The predicted octanol–water partition coefficient (Wildman–Crippen LogP) is -5.65. The van der Waals surface area contributed by atoms with Gasteiger partial charge in [-0.05, 0) is 0 Å². The summed E-state index contributed by atoms with van der Waals surface area (Å²) < 4.78 is 64.1. The summed E-state index contributed by atoms with van der Waals surface area (Å²) in [6, 6.07) is 0. The maximum atomic E-state index is 12.4. The SMILES string of the molecule is O=c1c2ncn([C@@H]3O[C@H](CO)[C@@H](O)[C@H]3O)c2n2c(=O)n1OS(=O)(=O)OS(=O)(=O)O2. The van der Waals surface area contributed by atoms with Crippen LogP contribution in [0.1, 0.15) is 6.23 Å². The van der Waals surface area contributed by atoms with E-state index in [2.05, 4.69) is 17.2 Å². The summed E-state index contributed by atoms with van der Waals surface area (Å²) in [5, 5.41) is 29.2. The Balaban J connectivity index is 2.02. The Bertz CT molecular complexity index is 1320. The number of hydrogen-bond donors (Lipinski definition) is 3. The molecule has 2 aromatic rings. The third-order valence-corrected chi connectivity index (χ3v) is 5.98. The van der Waals surface area contributed by atoms with Crippen LogP contribution in [0.5, 0.6) is 0 Å². The first-order valence-electron chi connectivity index (χ1n) is 7.44. The van der Waals surface area contributed by atoms with Crippen molar-refractivity contribution in [3.05, 3.63) is 27.2 Å². The molecule has 0 spiro atoms. The molecule has 2 aliphatic heterocycles. The van der Waals surface area contributed by atoms with Gasteiger partial charge in [0.25, 0.3) is 0 Å². The Hall–Kier alpha value is -2.55. The van der Waals surface area contributed by atoms with E-state index in [1.165, 1.54) is 0 Å². The van der Waals surface area contributed by atoms with Gasteiger partial charge in [-0.15, -0.1) is 0 Å². The van der Waals surface area contributed by atoms with Crippen molar-refractivity contribution in [2.45, 2.75) is 24.5 Å². The summed E-state index contributed by atoms with van der Waals surface area (Å²) in [4.78, 5) is 28.5. The van der Waals surface area contributed by atoms with Crippen LogP contribution in [0.15, 0.2) is 15.9 Å². The number of aliphatic hydroxyl groups is 3. The van der Waals surface area contributed by atoms with Crippen LogP contribution >= 0.6 is 0 Å². The summed E-state index contributed by atoms with van der Waals surface area (Å²) in [5.41, 5.74) is -4.59. The van der Waals surface area contributed by atoms with Gasteiger partial charge in [0.05, 0.1) is 12.9 Å². The maximum absolute atomic E-state index is 12.4. The van der Waals surface area contributed by atoms with Gasteiger partial charge in [-0.3, -0.25) is 17.9 Å². The highest BCUT2D eigenvalue weighted by Gasteiger charge is 2.45. The van der Waals surface area contributed by atoms with Crippen molar-refractivity contribution in [2.75, 3.05) is 6.61 Å². The van der Waals surface area contributed by atoms with E-state index in [0.717, 1.165) is 10.9 Å². The largest absolute Gasteiger partial charge is 0.485 e. The van der Waals surface area contributed by atoms with E-state index in [4.69, 9.17) is 4.74 Å². The van der Waals surface area contributed by atoms with Crippen LogP contribution in [-0.2, 0) is 29.2 Å². The molecule has 3 N–H and O–H groups in total. The number of fused-ring (bicyclic) bond motifs is 4. The third kappa shape index (κ3) is 2.99. The lowest BCUT2D eigenvalue weighted by atomic mass is 10.1. The Labute approximate surface area is 159 Å². The lowest BCUT2D eigenvalue weighted by molar-refractivity contribution is -0.0518. The second kappa shape index (κ2) is 6.22. The number of imidazole rings is 1. The lowest BCUT2D eigenvalue weighted by Crippen LogP contribution is -2.51. The summed E-state index contributed by atoms with van der Waals surface area (Å²) >= 11 is 0. The minimum atomic E-state index is -5.43. The van der Waals surface area contributed by atoms with E-state index in [0.29, 0.717) is 0 Å². The molecule has 0 aromatic carbocycles. The molecule has 1 fully saturated rings. The van der Waals surface area contributed by atoms with Gasteiger partial charge in [-0.2, -0.15) is 16.8 Å². The van der Waals surface area contributed by atoms with Crippen molar-refractivity contribution >= 4 is 32.0 Å². The van der Waals surface area contributed by atoms with Crippen LogP contribution < -0.4 is 19.8 Å². The summed E-state index contributed by atoms with van der Waals surface area (Å²) in [6.07, 6.45) is -5.27. The second-order valence-corrected chi connectivity index (χ2v) is 8.24. The summed E-state index contributed by atoms with van der Waals surface area (Å²) in [5.74, 6) is 0. The van der Waals surface area contributed by atoms with Crippen molar-refractivity contribution in [1.82, 2.24) is 19.0 Å². The van der Waals surface area contributed by atoms with Crippen molar-refractivity contribution in [3.63, 3.8) is 0 Å². The second-order valence-electron chi connectivity index (χ2n) is 5.76. The van der Waals surface area contributed by atoms with Crippen molar-refractivity contribution in [2.24, 2.45) is 0 Å². The molecule has 4 atom stereocenters. The van der Waals surface area contributed by atoms with Crippen LogP contribution in [0, 0.1) is 0 Å². The predicted molar refractivity (Wildman–Crippen MR) is 83.3 cm³/mol. The number of hydrogen-bond acceptors (Lipinski definition) is 14. The Morgan fingerprint density at radius 2 is 1.66 bits per heavy atom. The van der Waals surface area contributed by atoms with Crippen LogP contribution in [0.2, 0.25) is 0 Å². The van der Waals surface area contributed by atoms with Gasteiger partial charge in [0.2, 0.25) is 0 Å². The van der Waals surface area contributed by atoms with E-state index in [1.807, 2.05) is 0 Å². The van der Waals surface area contributed by atoms with Gasteiger partial charge in [0.1, 0.15) is 18.3 Å². The molecule has 160 valence electrons. The van der Waals surface area contributed by atoms with Gasteiger partial charge in [0.15, 0.2) is 17.4 Å². The smallest absolute Gasteiger partial charge is 0.394 e. The van der Waals surface area contributed by atoms with Crippen LogP contribution in [0.4, 0.5) is 0 Å². The first kappa shape index (κ1) is 19.8. The highest BCUT2D eigenvalue weighted by atomic mass is 32.3. The van der Waals surface area contributed by atoms with Crippen LogP contribution in [0.25, 0.3) is 11.2 Å². The average molecular weight is 458 g/mol. The lowest BCUT2D eigenvalue weighted by Gasteiger charge is -2.19. The van der Waals surface area contributed by atoms with Gasteiger partial charge in [-0.25, -0.2) is 9.78 Å². The fourth-order valence-corrected chi connectivity index (χ4v) is 4.45. The van der Waals surface area contributed by atoms with Gasteiger partial charge < -0.3 is 20.1 Å². The molecule has 2 bridgehead atoms. The summed E-state index contributed by atoms with van der Waals surface area (Å²) in [7, 11) is -10.9. The Morgan fingerprint density at radius 3 is 2.24 bits per heavy atom. The molecule has 29 heavy (non-hydrogen) atoms. The summed E-state index contributed by atoms with van der Waals surface area (Å²) in [6.45, 7) is -0.703. The van der Waals surface area contributed by atoms with Crippen molar-refractivity contribution in [1.29, 1.82) is 0 Å². The van der Waals surface area contributed by atoms with Crippen molar-refractivity contribution in [3.8, 4) is 0 Å². The van der Waals surface area contributed by atoms with Gasteiger partial charge >= 0.3 is 32.0 Å². The number of ether oxygens (including phenoxy) is 1. The number of aliphatic hydroxyl groups excluding tert-OH is 3. The first-order valence-corrected chi connectivity index (χ1v) is 10.1. The highest BCUT2D eigenvalue weighted by Crippen LogP contribution is 2.31. The first-order chi connectivity index (χ1) is 13.5. The Kier molecular flexibility index (Phi) is 4.24. The molecule has 0 aliphatic carbocycles. The van der Waals surface area contributed by atoms with E-state index in [9.17, 15) is 41.7 Å². The van der Waals surface area contributed by atoms with Crippen molar-refractivity contribution < 1.29 is 49.1 Å². The third-order valence-electron chi connectivity index (χ3n) is 3.98. The quantitative estimate of drug-likeness (QED) is 0.381. The minimum absolute atomic E-state index is 0.0948. The standard InChI is InChI=1S/C10H10N4O13S2/c15-1-3-5(16)6(17)9(24-3)12-2-11-4-7(12)13-10(19)14(8(4)18)26-29(22,23)27-28(20,21)25-13/h2-3,5-6,9,15-17H,1H2/t3-,5-,6-,9-/m1/s1. The zero-order valence-electron chi connectivity index (χ0n) is 13.6. The monoisotopic (exact) mass is 458 g/mol. The molecule has 0 saturated carbocycles. The molecule has 0 unspecified atom stereocenters. The van der Waals surface area contributed by atoms with Gasteiger partial charge in [-0.1, -0.05) is 13.1 Å². The molecule has 4 heterocycles. The normalized spacial score (nSPS) is 30.3. The molecular formula is C10H10N4O13S2. The van der Waals surface area contributed by atoms with Gasteiger partial charge in [0, 0.05) is 0 Å². The average Bonchev–Trinajstić information content (AvgIpc) is 3.16. The topological polar surface area (TPSA) is 228 Å². The van der Waals surface area contributed by atoms with E-state index < -0.39 is 74.4 Å². The molecular weight excluding hydrogens is 448 g/mol. The number of rotatable bonds is 2. The fourth-order valence-electron chi connectivity index (χ4n) is 2.80. The fraction of sp³-hybridized carbons (Fsp3) is 0.500. The minimum Gasteiger partial charge on any atom is -0.394 e. The number of aromatic nitrogens is 4. The number of nitrogens with zero attached hydrogens (tertiary/aromatic N) is 4. The molecule has 0 amide bonds. The molecule has 17 nitrogen and oxygen atoms in total. The maximum Gasteiger partial charge on any atom is 0.485 e. The molecule has 19 heteroatoms. The zero-order valence-corrected chi connectivity index (χ0v) is 15.3. The molecule has 2 aliphatic rings. The molecule has 2 aromatic heterocycles. The Morgan fingerprint density at radius 1 is 1.03 bits per heavy atom. The molecule has 4 rings (SSSR count). The van der Waals surface area contributed by atoms with E-state index in [1.54, 1.807) is 0 Å². The van der Waals surface area contributed by atoms with E-state index in [-0.39, 0.29) is 9.46 Å². The highest BCUT2D eigenvalue weighted by molar-refractivity contribution is 7.95.